The van der Waals surface area contributed by atoms with E-state index in [1.807, 2.05) is 13.0 Å². The van der Waals surface area contributed by atoms with Crippen LogP contribution in [0.3, 0.4) is 0 Å². The molecule has 0 fully saturated rings. The number of carbonyl (C=O) groups is 1. The maximum Gasteiger partial charge on any atom is 0.248 e. The molecule has 1 aliphatic heterocycles. The number of nitrogens with one attached hydrogen (secondary N) is 1. The summed E-state index contributed by atoms with van der Waals surface area (Å²) in [6.07, 6.45) is 0.514. The fourth-order valence-corrected chi connectivity index (χ4v) is 3.11. The Morgan fingerprint density at radius 1 is 1.21 bits per heavy atom. The minimum Gasteiger partial charge on any atom is -0.486 e. The number of fused-ring (bicyclic) bond motifs is 1. The van der Waals surface area contributed by atoms with Crippen LogP contribution < -0.4 is 20.8 Å². The van der Waals surface area contributed by atoms with Gasteiger partial charge in [0.05, 0.1) is 12.1 Å². The van der Waals surface area contributed by atoms with Gasteiger partial charge in [0.1, 0.15) is 13.2 Å². The molecule has 9 nitrogen and oxygen atoms in total. The van der Waals surface area contributed by atoms with Crippen LogP contribution in [0.4, 0.5) is 0 Å². The molecule has 3 aromatic rings. The van der Waals surface area contributed by atoms with E-state index in [0.717, 1.165) is 11.3 Å². The molecule has 0 saturated carbocycles. The van der Waals surface area contributed by atoms with E-state index in [1.165, 1.54) is 6.07 Å². The number of aromatic amines is 1. The molecule has 0 saturated heterocycles. The van der Waals surface area contributed by atoms with Gasteiger partial charge in [-0.25, -0.2) is 9.67 Å². The van der Waals surface area contributed by atoms with Crippen molar-refractivity contribution in [3.8, 4) is 28.6 Å². The van der Waals surface area contributed by atoms with E-state index >= 15 is 0 Å². The van der Waals surface area contributed by atoms with Crippen molar-refractivity contribution in [2.45, 2.75) is 19.8 Å². The fourth-order valence-electron chi connectivity index (χ4n) is 3.11. The Morgan fingerprint density at radius 2 is 2.00 bits per heavy atom. The average Bonchev–Trinajstić information content (AvgIpc) is 3.10. The van der Waals surface area contributed by atoms with Gasteiger partial charge in [0.2, 0.25) is 11.5 Å². The van der Waals surface area contributed by atoms with Crippen LogP contribution in [0.1, 0.15) is 18.4 Å². The summed E-state index contributed by atoms with van der Waals surface area (Å²) in [7, 11) is 0. The van der Waals surface area contributed by atoms with Crippen LogP contribution in [0.2, 0.25) is 0 Å². The normalized spacial score (nSPS) is 12.8. The number of nitrogens with zero attached hydrogens (tertiary/aromatic N) is 3. The van der Waals surface area contributed by atoms with Crippen LogP contribution in [0, 0.1) is 0 Å². The number of aromatic nitrogens is 4. The second-order valence-corrected chi connectivity index (χ2v) is 6.30. The van der Waals surface area contributed by atoms with Gasteiger partial charge >= 0.3 is 0 Å². The Balaban J connectivity index is 1.88. The average molecular weight is 381 g/mol. The topological polar surface area (TPSA) is 125 Å². The highest BCUT2D eigenvalue weighted by Crippen LogP contribution is 2.33. The third-order valence-electron chi connectivity index (χ3n) is 4.35. The lowest BCUT2D eigenvalue weighted by Gasteiger charge is -2.19. The van der Waals surface area contributed by atoms with Crippen LogP contribution in [-0.4, -0.2) is 38.9 Å². The molecule has 0 aliphatic carbocycles. The first-order valence-electron chi connectivity index (χ1n) is 8.92. The van der Waals surface area contributed by atoms with Crippen LogP contribution in [0.5, 0.6) is 11.5 Å². The molecular formula is C19H19N5O4. The molecule has 0 radical (unpaired) electrons. The molecule has 0 spiro atoms. The maximum absolute atomic E-state index is 11.7. The summed E-state index contributed by atoms with van der Waals surface area (Å²) in [4.78, 5) is 30.4. The van der Waals surface area contributed by atoms with Gasteiger partial charge < -0.3 is 20.2 Å². The summed E-state index contributed by atoms with van der Waals surface area (Å²) in [6.45, 7) is 2.90. The molecule has 0 unspecified atom stereocenters. The lowest BCUT2D eigenvalue weighted by molar-refractivity contribution is -0.117. The highest BCUT2D eigenvalue weighted by atomic mass is 16.6. The SMILES string of the molecule is CCc1[nH]c(=O)ccc1-c1nc(CC(N)=O)nn1-c1ccc2c(c1)OCCO2. The number of amides is 1. The summed E-state index contributed by atoms with van der Waals surface area (Å²) in [5.41, 5.74) is 7.26. The first-order chi connectivity index (χ1) is 13.5. The largest absolute Gasteiger partial charge is 0.486 e. The van der Waals surface area contributed by atoms with E-state index in [4.69, 9.17) is 15.2 Å². The maximum atomic E-state index is 11.7. The van der Waals surface area contributed by atoms with Gasteiger partial charge in [0.25, 0.3) is 0 Å². The lowest BCUT2D eigenvalue weighted by atomic mass is 10.1. The molecule has 3 N–H and O–H groups in total. The zero-order valence-corrected chi connectivity index (χ0v) is 15.3. The molecule has 2 aromatic heterocycles. The second-order valence-electron chi connectivity index (χ2n) is 6.30. The highest BCUT2D eigenvalue weighted by molar-refractivity contribution is 5.76. The molecule has 144 valence electrons. The second kappa shape index (κ2) is 7.18. The summed E-state index contributed by atoms with van der Waals surface area (Å²) < 4.78 is 12.8. The minimum absolute atomic E-state index is 0.0879. The zero-order valence-electron chi connectivity index (χ0n) is 15.3. The van der Waals surface area contributed by atoms with E-state index in [2.05, 4.69) is 15.1 Å². The van der Waals surface area contributed by atoms with Crippen LogP contribution in [0.25, 0.3) is 17.1 Å². The zero-order chi connectivity index (χ0) is 19.7. The Bertz CT molecular complexity index is 1100. The molecule has 0 bridgehead atoms. The quantitative estimate of drug-likeness (QED) is 0.679. The monoisotopic (exact) mass is 381 g/mol. The van der Waals surface area contributed by atoms with Crippen molar-refractivity contribution in [3.63, 3.8) is 0 Å². The Morgan fingerprint density at radius 3 is 2.75 bits per heavy atom. The molecule has 1 aliphatic rings. The number of rotatable bonds is 5. The number of ether oxygens (including phenoxy) is 2. The molecule has 3 heterocycles. The number of pyridine rings is 1. The Hall–Kier alpha value is -3.62. The minimum atomic E-state index is -0.525. The van der Waals surface area contributed by atoms with E-state index < -0.39 is 5.91 Å². The van der Waals surface area contributed by atoms with Crippen molar-refractivity contribution in [3.05, 3.63) is 52.2 Å². The first-order valence-corrected chi connectivity index (χ1v) is 8.92. The molecule has 4 rings (SSSR count). The number of hydrogen-bond acceptors (Lipinski definition) is 6. The van der Waals surface area contributed by atoms with Gasteiger partial charge in [-0.1, -0.05) is 6.92 Å². The number of benzene rings is 1. The van der Waals surface area contributed by atoms with Gasteiger partial charge in [-0.05, 0) is 24.6 Å². The van der Waals surface area contributed by atoms with E-state index in [1.54, 1.807) is 22.9 Å². The predicted octanol–water partition coefficient (Wildman–Crippen LogP) is 0.984. The molecule has 9 heteroatoms. The number of H-pyrrole nitrogens is 1. The van der Waals surface area contributed by atoms with Gasteiger partial charge in [-0.15, -0.1) is 0 Å². The fraction of sp³-hybridized carbons (Fsp3) is 0.263. The van der Waals surface area contributed by atoms with Crippen LogP contribution >= 0.6 is 0 Å². The predicted molar refractivity (Wildman–Crippen MR) is 101 cm³/mol. The van der Waals surface area contributed by atoms with E-state index in [0.29, 0.717) is 48.5 Å². The molecule has 28 heavy (non-hydrogen) atoms. The van der Waals surface area contributed by atoms with Gasteiger partial charge in [-0.2, -0.15) is 5.10 Å². The molecular weight excluding hydrogens is 362 g/mol. The molecule has 0 atom stereocenters. The number of primary amides is 1. The lowest BCUT2D eigenvalue weighted by Crippen LogP contribution is -2.16. The Labute approximate surface area is 160 Å². The summed E-state index contributed by atoms with van der Waals surface area (Å²) >= 11 is 0. The van der Waals surface area contributed by atoms with E-state index in [9.17, 15) is 9.59 Å². The molecule has 1 amide bonds. The number of aryl methyl sites for hydroxylation is 1. The van der Waals surface area contributed by atoms with E-state index in [-0.39, 0.29) is 12.0 Å². The summed E-state index contributed by atoms with van der Waals surface area (Å²) in [5, 5.41) is 4.46. The summed E-state index contributed by atoms with van der Waals surface area (Å²) in [5.74, 6) is 1.54. The van der Waals surface area contributed by atoms with Gasteiger partial charge in [-0.3, -0.25) is 9.59 Å². The standard InChI is InChI=1S/C19H19N5O4/c1-2-13-12(4-6-18(26)21-13)19-22-17(10-16(20)25)23-24(19)11-3-5-14-15(9-11)28-8-7-27-14/h3-6,9H,2,7-8,10H2,1H3,(H2,20,25)(H,21,26). The Kier molecular flexibility index (Phi) is 4.56. The number of carbonyl (C=O) groups excluding carboxylic acids is 1. The van der Waals surface area contributed by atoms with Crippen molar-refractivity contribution in [1.29, 1.82) is 0 Å². The van der Waals surface area contributed by atoms with Crippen molar-refractivity contribution in [2.24, 2.45) is 5.73 Å². The van der Waals surface area contributed by atoms with Gasteiger partial charge in [0.15, 0.2) is 23.1 Å². The number of hydrogen-bond donors (Lipinski definition) is 2. The third kappa shape index (κ3) is 3.34. The van der Waals surface area contributed by atoms with Crippen molar-refractivity contribution in [1.82, 2.24) is 19.7 Å². The summed E-state index contributed by atoms with van der Waals surface area (Å²) in [6, 6.07) is 8.57. The first kappa shape index (κ1) is 17.8. The van der Waals surface area contributed by atoms with Crippen LogP contribution in [-0.2, 0) is 17.6 Å². The van der Waals surface area contributed by atoms with Crippen molar-refractivity contribution in [2.75, 3.05) is 13.2 Å². The van der Waals surface area contributed by atoms with Crippen molar-refractivity contribution < 1.29 is 14.3 Å². The molecule has 1 aromatic carbocycles. The van der Waals surface area contributed by atoms with Gasteiger partial charge in [0, 0.05) is 23.4 Å². The third-order valence-corrected chi connectivity index (χ3v) is 4.35. The smallest absolute Gasteiger partial charge is 0.248 e. The number of nitrogens with two attached hydrogens (primary N) is 1. The highest BCUT2D eigenvalue weighted by Gasteiger charge is 2.20. The van der Waals surface area contributed by atoms with Crippen LogP contribution in [0.15, 0.2) is 35.1 Å². The van der Waals surface area contributed by atoms with Crippen molar-refractivity contribution >= 4 is 5.91 Å².